The van der Waals surface area contributed by atoms with Crippen molar-refractivity contribution in [3.05, 3.63) is 59.7 Å². The van der Waals surface area contributed by atoms with Gasteiger partial charge >= 0.3 is 5.97 Å². The van der Waals surface area contributed by atoms with Gasteiger partial charge in [0.25, 0.3) is 0 Å². The molecule has 2 aromatic rings. The predicted octanol–water partition coefficient (Wildman–Crippen LogP) is 3.90. The smallest absolute Gasteiger partial charge is 0.310 e. The number of esters is 1. The van der Waals surface area contributed by atoms with Gasteiger partial charge in [-0.15, -0.1) is 0 Å². The molecule has 120 valence electrons. The summed E-state index contributed by atoms with van der Waals surface area (Å²) in [6, 6.07) is 15.3. The molecular formula is C19H20O4. The van der Waals surface area contributed by atoms with E-state index in [0.717, 1.165) is 16.9 Å². The summed E-state index contributed by atoms with van der Waals surface area (Å²) in [4.78, 5) is 12.3. The van der Waals surface area contributed by atoms with Crippen molar-refractivity contribution in [3.8, 4) is 11.5 Å². The molecule has 0 bridgehead atoms. The quantitative estimate of drug-likeness (QED) is 0.786. The van der Waals surface area contributed by atoms with E-state index in [1.54, 1.807) is 0 Å². The molecule has 1 aliphatic rings. The number of hydrogen-bond donors (Lipinski definition) is 0. The van der Waals surface area contributed by atoms with E-state index < -0.39 is 0 Å². The van der Waals surface area contributed by atoms with Crippen LogP contribution in [0.25, 0.3) is 0 Å². The van der Waals surface area contributed by atoms with Crippen LogP contribution in [-0.4, -0.2) is 12.8 Å². The molecule has 0 saturated carbocycles. The summed E-state index contributed by atoms with van der Waals surface area (Å²) in [6.07, 6.45) is -0.0325. The van der Waals surface area contributed by atoms with Gasteiger partial charge in [0, 0.05) is 0 Å². The van der Waals surface area contributed by atoms with E-state index in [9.17, 15) is 4.79 Å². The Morgan fingerprint density at radius 2 is 1.83 bits per heavy atom. The van der Waals surface area contributed by atoms with Crippen molar-refractivity contribution in [1.29, 1.82) is 0 Å². The van der Waals surface area contributed by atoms with Crippen LogP contribution in [0, 0.1) is 5.92 Å². The average Bonchev–Trinajstić information content (AvgIpc) is 3.01. The van der Waals surface area contributed by atoms with Gasteiger partial charge in [0.05, 0.1) is 6.42 Å². The SMILES string of the molecule is CC(C)C(OC(=O)Cc1ccccc1)c1ccc2c(c1)OCO2. The zero-order valence-electron chi connectivity index (χ0n) is 13.3. The first-order valence-electron chi connectivity index (χ1n) is 7.76. The van der Waals surface area contributed by atoms with Crippen LogP contribution >= 0.6 is 0 Å². The van der Waals surface area contributed by atoms with Crippen LogP contribution in [-0.2, 0) is 16.0 Å². The molecule has 0 saturated heterocycles. The minimum absolute atomic E-state index is 0.162. The number of ether oxygens (including phenoxy) is 3. The predicted molar refractivity (Wildman–Crippen MR) is 86.4 cm³/mol. The van der Waals surface area contributed by atoms with Crippen molar-refractivity contribution in [3.63, 3.8) is 0 Å². The van der Waals surface area contributed by atoms with Crippen molar-refractivity contribution >= 4 is 5.97 Å². The first-order chi connectivity index (χ1) is 11.1. The summed E-state index contributed by atoms with van der Waals surface area (Å²) < 4.78 is 16.5. The zero-order valence-corrected chi connectivity index (χ0v) is 13.3. The van der Waals surface area contributed by atoms with E-state index in [0.29, 0.717) is 5.75 Å². The van der Waals surface area contributed by atoms with Crippen LogP contribution in [0.5, 0.6) is 11.5 Å². The summed E-state index contributed by atoms with van der Waals surface area (Å²) in [7, 11) is 0. The van der Waals surface area contributed by atoms with Gasteiger partial charge in [0.2, 0.25) is 6.79 Å². The Kier molecular flexibility index (Phi) is 4.51. The largest absolute Gasteiger partial charge is 0.457 e. The van der Waals surface area contributed by atoms with Crippen LogP contribution in [0.15, 0.2) is 48.5 Å². The third kappa shape index (κ3) is 3.65. The highest BCUT2D eigenvalue weighted by atomic mass is 16.7. The molecule has 3 rings (SSSR count). The van der Waals surface area contributed by atoms with Crippen LogP contribution in [0.1, 0.15) is 31.1 Å². The summed E-state index contributed by atoms with van der Waals surface area (Å²) in [5.41, 5.74) is 1.87. The lowest BCUT2D eigenvalue weighted by Gasteiger charge is -2.22. The summed E-state index contributed by atoms with van der Waals surface area (Å²) in [5.74, 6) is 1.36. The second kappa shape index (κ2) is 6.73. The van der Waals surface area contributed by atoms with E-state index in [1.807, 2.05) is 62.4 Å². The number of carbonyl (C=O) groups is 1. The Morgan fingerprint density at radius 3 is 2.57 bits per heavy atom. The fourth-order valence-corrected chi connectivity index (χ4v) is 2.62. The normalized spacial score (nSPS) is 13.9. The van der Waals surface area contributed by atoms with Crippen molar-refractivity contribution in [2.45, 2.75) is 26.4 Å². The highest BCUT2D eigenvalue weighted by Gasteiger charge is 2.23. The number of carbonyl (C=O) groups excluding carboxylic acids is 1. The second-order valence-corrected chi connectivity index (χ2v) is 5.93. The molecule has 0 aliphatic carbocycles. The summed E-state index contributed by atoms with van der Waals surface area (Å²) in [5, 5.41) is 0. The van der Waals surface area contributed by atoms with E-state index >= 15 is 0 Å². The molecule has 4 heteroatoms. The molecule has 0 spiro atoms. The van der Waals surface area contributed by atoms with Gasteiger partial charge in [-0.1, -0.05) is 50.2 Å². The van der Waals surface area contributed by atoms with Crippen LogP contribution in [0.2, 0.25) is 0 Å². The lowest BCUT2D eigenvalue weighted by molar-refractivity contribution is -0.151. The highest BCUT2D eigenvalue weighted by Crippen LogP contribution is 2.37. The second-order valence-electron chi connectivity index (χ2n) is 5.93. The maximum absolute atomic E-state index is 12.3. The third-order valence-corrected chi connectivity index (χ3v) is 3.78. The van der Waals surface area contributed by atoms with Gasteiger partial charge in [-0.25, -0.2) is 0 Å². The number of rotatable bonds is 5. The van der Waals surface area contributed by atoms with E-state index in [-0.39, 0.29) is 31.2 Å². The van der Waals surface area contributed by atoms with E-state index in [2.05, 4.69) is 0 Å². The molecule has 1 unspecified atom stereocenters. The summed E-state index contributed by atoms with van der Waals surface area (Å²) in [6.45, 7) is 4.30. The number of benzene rings is 2. The van der Waals surface area contributed by atoms with Crippen LogP contribution in [0.3, 0.4) is 0 Å². The molecule has 4 nitrogen and oxygen atoms in total. The molecule has 0 amide bonds. The zero-order chi connectivity index (χ0) is 16.2. The van der Waals surface area contributed by atoms with Gasteiger partial charge in [-0.3, -0.25) is 4.79 Å². The van der Waals surface area contributed by atoms with Gasteiger partial charge < -0.3 is 14.2 Å². The Balaban J connectivity index is 1.73. The lowest BCUT2D eigenvalue weighted by atomic mass is 9.98. The average molecular weight is 312 g/mol. The summed E-state index contributed by atoms with van der Waals surface area (Å²) >= 11 is 0. The Labute approximate surface area is 136 Å². The monoisotopic (exact) mass is 312 g/mol. The first-order valence-corrected chi connectivity index (χ1v) is 7.76. The van der Waals surface area contributed by atoms with Gasteiger partial charge in [0.1, 0.15) is 6.10 Å². The maximum Gasteiger partial charge on any atom is 0.310 e. The fraction of sp³-hybridized carbons (Fsp3) is 0.316. The van der Waals surface area contributed by atoms with Crippen LogP contribution in [0.4, 0.5) is 0 Å². The molecule has 0 aromatic heterocycles. The topological polar surface area (TPSA) is 44.8 Å². The Bertz CT molecular complexity index is 679. The van der Waals surface area contributed by atoms with Crippen molar-refractivity contribution in [1.82, 2.24) is 0 Å². The molecule has 23 heavy (non-hydrogen) atoms. The molecule has 1 atom stereocenters. The maximum atomic E-state index is 12.3. The van der Waals surface area contributed by atoms with E-state index in [1.165, 1.54) is 0 Å². The standard InChI is InChI=1S/C19H20O4/c1-13(2)19(15-8-9-16-17(11-15)22-12-21-16)23-18(20)10-14-6-4-3-5-7-14/h3-9,11,13,19H,10,12H2,1-2H3. The van der Waals surface area contributed by atoms with Gasteiger partial charge in [-0.05, 0) is 29.2 Å². The number of fused-ring (bicyclic) bond motifs is 1. The Morgan fingerprint density at radius 1 is 1.09 bits per heavy atom. The molecule has 0 fully saturated rings. The minimum Gasteiger partial charge on any atom is -0.457 e. The van der Waals surface area contributed by atoms with Crippen molar-refractivity contribution < 1.29 is 19.0 Å². The Hall–Kier alpha value is -2.49. The van der Waals surface area contributed by atoms with Gasteiger partial charge in [-0.2, -0.15) is 0 Å². The molecule has 0 radical (unpaired) electrons. The third-order valence-electron chi connectivity index (χ3n) is 3.78. The van der Waals surface area contributed by atoms with Gasteiger partial charge in [0.15, 0.2) is 11.5 Å². The van der Waals surface area contributed by atoms with E-state index in [4.69, 9.17) is 14.2 Å². The fourth-order valence-electron chi connectivity index (χ4n) is 2.62. The lowest BCUT2D eigenvalue weighted by Crippen LogP contribution is -2.17. The molecule has 0 N–H and O–H groups in total. The molecule has 1 aliphatic heterocycles. The van der Waals surface area contributed by atoms with Crippen molar-refractivity contribution in [2.24, 2.45) is 5.92 Å². The van der Waals surface area contributed by atoms with Crippen LogP contribution < -0.4 is 9.47 Å². The molecule has 1 heterocycles. The minimum atomic E-state index is -0.305. The van der Waals surface area contributed by atoms with Crippen molar-refractivity contribution in [2.75, 3.05) is 6.79 Å². The highest BCUT2D eigenvalue weighted by molar-refractivity contribution is 5.73. The molecular weight excluding hydrogens is 292 g/mol. The first kappa shape index (κ1) is 15.4. The molecule has 2 aromatic carbocycles. The number of hydrogen-bond acceptors (Lipinski definition) is 4.